The lowest BCUT2D eigenvalue weighted by Gasteiger charge is -2.16. The molecule has 3 aromatic carbocycles. The Kier molecular flexibility index (Phi) is 6.07. The molecule has 0 saturated heterocycles. The molecule has 1 saturated carbocycles. The number of hydrogen-bond acceptors (Lipinski definition) is 5. The number of carbonyl (C=O) groups is 2. The van der Waals surface area contributed by atoms with Gasteiger partial charge in [-0.25, -0.2) is 0 Å². The van der Waals surface area contributed by atoms with Crippen molar-refractivity contribution in [2.75, 3.05) is 13.4 Å². The predicted octanol–water partition coefficient (Wildman–Crippen LogP) is 4.84. The first kappa shape index (κ1) is 23.1. The molecule has 1 aliphatic carbocycles. The molecule has 1 fully saturated rings. The molecule has 2 aliphatic rings. The second-order valence-electron chi connectivity index (χ2n) is 9.53. The van der Waals surface area contributed by atoms with Crippen LogP contribution in [0.5, 0.6) is 11.5 Å². The van der Waals surface area contributed by atoms with Gasteiger partial charge in [-0.1, -0.05) is 36.4 Å². The first-order valence-electron chi connectivity index (χ1n) is 11.9. The highest BCUT2D eigenvalue weighted by atomic mass is 16.7. The predicted molar refractivity (Wildman–Crippen MR) is 137 cm³/mol. The SMILES string of the molecule is Cc1ccc(CC(=O)C2(c3ccc4c(c3)OCO4)CC2)cc1-c1ccc(C(=O)N[C@H](C)CO)cc1.[HH].[HH]. The Bertz CT molecular complexity index is 1290. The summed E-state index contributed by atoms with van der Waals surface area (Å²) in [6, 6.07) is 19.1. The van der Waals surface area contributed by atoms with Crippen LogP contribution in [0.25, 0.3) is 11.1 Å². The monoisotopic (exact) mass is 475 g/mol. The second-order valence-corrected chi connectivity index (χ2v) is 9.53. The summed E-state index contributed by atoms with van der Waals surface area (Å²) in [5.41, 5.74) is 5.21. The van der Waals surface area contributed by atoms with Crippen LogP contribution in [0.3, 0.4) is 0 Å². The molecule has 1 aliphatic heterocycles. The Morgan fingerprint density at radius 3 is 2.49 bits per heavy atom. The molecular formula is C29H33NO5. The molecule has 0 aromatic heterocycles. The highest BCUT2D eigenvalue weighted by Crippen LogP contribution is 2.51. The summed E-state index contributed by atoms with van der Waals surface area (Å²) in [7, 11) is 0. The number of aliphatic hydroxyl groups excluding tert-OH is 1. The van der Waals surface area contributed by atoms with E-state index in [4.69, 9.17) is 14.6 Å². The van der Waals surface area contributed by atoms with E-state index in [1.807, 2.05) is 49.4 Å². The second kappa shape index (κ2) is 9.19. The molecule has 0 bridgehead atoms. The summed E-state index contributed by atoms with van der Waals surface area (Å²) < 4.78 is 10.9. The lowest BCUT2D eigenvalue weighted by molar-refractivity contribution is -0.120. The number of benzene rings is 3. The van der Waals surface area contributed by atoms with Crippen molar-refractivity contribution in [2.24, 2.45) is 0 Å². The molecule has 2 N–H and O–H groups in total. The van der Waals surface area contributed by atoms with Crippen LogP contribution < -0.4 is 14.8 Å². The van der Waals surface area contributed by atoms with Crippen LogP contribution in [0.1, 0.15) is 49.7 Å². The Morgan fingerprint density at radius 2 is 1.77 bits per heavy atom. The van der Waals surface area contributed by atoms with Crippen LogP contribution in [-0.4, -0.2) is 36.2 Å². The van der Waals surface area contributed by atoms with Crippen molar-refractivity contribution in [3.8, 4) is 22.6 Å². The summed E-state index contributed by atoms with van der Waals surface area (Å²) in [4.78, 5) is 25.7. The third-order valence-electron chi connectivity index (χ3n) is 6.99. The quantitative estimate of drug-likeness (QED) is 0.487. The highest BCUT2D eigenvalue weighted by Gasteiger charge is 2.50. The van der Waals surface area contributed by atoms with Gasteiger partial charge < -0.3 is 19.9 Å². The minimum Gasteiger partial charge on any atom is -0.454 e. The first-order valence-corrected chi connectivity index (χ1v) is 11.9. The standard InChI is InChI=1S/C29H29NO5.2H2/c1-18-3-4-20(13-24(18)21-5-7-22(8-6-21)28(33)30-19(2)16-31)14-27(32)29(11-12-29)23-9-10-25-26(15-23)35-17-34-25;;/h3-10,13,15,19,31H,11-12,14,16-17H2,1-2H3,(H,30,33);2*1H/t19-;;/m1../s1. The number of fused-ring (bicyclic) bond motifs is 1. The zero-order valence-electron chi connectivity index (χ0n) is 20.0. The van der Waals surface area contributed by atoms with Crippen molar-refractivity contribution < 1.29 is 27.0 Å². The summed E-state index contributed by atoms with van der Waals surface area (Å²) >= 11 is 0. The minimum absolute atomic E-state index is 0. The van der Waals surface area contributed by atoms with E-state index in [1.165, 1.54) is 0 Å². The van der Waals surface area contributed by atoms with Crippen LogP contribution in [0.4, 0.5) is 0 Å². The van der Waals surface area contributed by atoms with Crippen molar-refractivity contribution in [2.45, 2.75) is 44.6 Å². The summed E-state index contributed by atoms with van der Waals surface area (Å²) in [5, 5.41) is 11.9. The van der Waals surface area contributed by atoms with Gasteiger partial charge >= 0.3 is 0 Å². The molecule has 5 rings (SSSR count). The Morgan fingerprint density at radius 1 is 1.03 bits per heavy atom. The molecule has 0 unspecified atom stereocenters. The molecule has 1 heterocycles. The van der Waals surface area contributed by atoms with Crippen LogP contribution in [0.15, 0.2) is 60.7 Å². The zero-order chi connectivity index (χ0) is 24.6. The van der Waals surface area contributed by atoms with Crippen molar-refractivity contribution in [1.29, 1.82) is 0 Å². The zero-order valence-corrected chi connectivity index (χ0v) is 20.0. The maximum atomic E-state index is 13.4. The number of carbonyl (C=O) groups excluding carboxylic acids is 2. The van der Waals surface area contributed by atoms with E-state index in [1.54, 1.807) is 19.1 Å². The fourth-order valence-corrected chi connectivity index (χ4v) is 4.65. The number of hydrogen-bond donors (Lipinski definition) is 2. The number of rotatable bonds is 8. The summed E-state index contributed by atoms with van der Waals surface area (Å²) in [5.74, 6) is 1.44. The number of ketones is 1. The average Bonchev–Trinajstić information content (AvgIpc) is 3.56. The molecule has 3 aromatic rings. The van der Waals surface area contributed by atoms with E-state index in [9.17, 15) is 9.59 Å². The van der Waals surface area contributed by atoms with Gasteiger partial charge in [-0.05, 0) is 78.8 Å². The van der Waals surface area contributed by atoms with Crippen LogP contribution in [0.2, 0.25) is 0 Å². The van der Waals surface area contributed by atoms with E-state index >= 15 is 0 Å². The summed E-state index contributed by atoms with van der Waals surface area (Å²) in [6.45, 7) is 3.91. The number of aryl methyl sites for hydroxylation is 1. The van der Waals surface area contributed by atoms with Gasteiger partial charge in [0.15, 0.2) is 11.5 Å². The number of nitrogens with one attached hydrogen (secondary N) is 1. The Hall–Kier alpha value is -3.64. The summed E-state index contributed by atoms with van der Waals surface area (Å²) in [6.07, 6.45) is 2.06. The van der Waals surface area contributed by atoms with Gasteiger partial charge in [0.05, 0.1) is 12.0 Å². The van der Waals surface area contributed by atoms with Crippen LogP contribution in [0, 0.1) is 6.92 Å². The maximum absolute atomic E-state index is 13.4. The molecule has 184 valence electrons. The third-order valence-corrected chi connectivity index (χ3v) is 6.99. The van der Waals surface area contributed by atoms with Gasteiger partial charge in [-0.15, -0.1) is 0 Å². The van der Waals surface area contributed by atoms with Gasteiger partial charge in [0.1, 0.15) is 5.78 Å². The average molecular weight is 476 g/mol. The van der Waals surface area contributed by atoms with E-state index in [0.717, 1.165) is 46.4 Å². The van der Waals surface area contributed by atoms with Crippen molar-refractivity contribution in [3.05, 3.63) is 82.9 Å². The topological polar surface area (TPSA) is 84.9 Å². The number of ether oxygens (including phenoxy) is 2. The lowest BCUT2D eigenvalue weighted by atomic mass is 9.87. The van der Waals surface area contributed by atoms with Gasteiger partial charge in [0, 0.05) is 20.9 Å². The lowest BCUT2D eigenvalue weighted by Crippen LogP contribution is -2.34. The van der Waals surface area contributed by atoms with Crippen molar-refractivity contribution in [3.63, 3.8) is 0 Å². The van der Waals surface area contributed by atoms with Crippen molar-refractivity contribution >= 4 is 11.7 Å². The third kappa shape index (κ3) is 4.54. The van der Waals surface area contributed by atoms with Gasteiger partial charge in [-0.3, -0.25) is 9.59 Å². The Balaban J connectivity index is 0.00000190. The van der Waals surface area contributed by atoms with Crippen LogP contribution in [-0.2, 0) is 16.6 Å². The number of Topliss-reactive ketones (excluding diaryl/α,β-unsaturated/α-hetero) is 1. The van der Waals surface area contributed by atoms with Crippen LogP contribution >= 0.6 is 0 Å². The molecule has 0 radical (unpaired) electrons. The highest BCUT2D eigenvalue weighted by molar-refractivity contribution is 5.96. The van der Waals surface area contributed by atoms with Gasteiger partial charge in [0.2, 0.25) is 6.79 Å². The van der Waals surface area contributed by atoms with E-state index < -0.39 is 5.41 Å². The van der Waals surface area contributed by atoms with E-state index in [2.05, 4.69) is 11.4 Å². The molecule has 6 heteroatoms. The molecule has 6 nitrogen and oxygen atoms in total. The molecule has 1 amide bonds. The molecular weight excluding hydrogens is 442 g/mol. The van der Waals surface area contributed by atoms with E-state index in [-0.39, 0.29) is 34.0 Å². The van der Waals surface area contributed by atoms with Crippen molar-refractivity contribution in [1.82, 2.24) is 5.32 Å². The number of aliphatic hydroxyl groups is 1. The fourth-order valence-electron chi connectivity index (χ4n) is 4.65. The molecule has 0 spiro atoms. The Labute approximate surface area is 207 Å². The van der Waals surface area contributed by atoms with Gasteiger partial charge in [-0.2, -0.15) is 0 Å². The molecule has 35 heavy (non-hydrogen) atoms. The van der Waals surface area contributed by atoms with Gasteiger partial charge in [0.25, 0.3) is 5.91 Å². The first-order chi connectivity index (χ1) is 16.9. The smallest absolute Gasteiger partial charge is 0.251 e. The minimum atomic E-state index is -0.438. The normalized spacial score (nSPS) is 16.0. The largest absolute Gasteiger partial charge is 0.454 e. The number of amides is 1. The fraction of sp³-hybridized carbons (Fsp3) is 0.310. The van der Waals surface area contributed by atoms with E-state index in [0.29, 0.717) is 17.7 Å². The maximum Gasteiger partial charge on any atom is 0.251 e. The molecule has 1 atom stereocenters.